The number of nitrogens with one attached hydrogen (secondary N) is 1. The van der Waals surface area contributed by atoms with Crippen LogP contribution in [0.1, 0.15) is 36.9 Å². The Kier molecular flexibility index (Phi) is 4.86. The van der Waals surface area contributed by atoms with E-state index >= 15 is 0 Å². The highest BCUT2D eigenvalue weighted by Gasteiger charge is 2.22. The number of nitrogens with zero attached hydrogens (tertiary/aromatic N) is 2. The van der Waals surface area contributed by atoms with E-state index in [4.69, 9.17) is 22.1 Å². The number of anilines is 1. The predicted molar refractivity (Wildman–Crippen MR) is 101 cm³/mol. The lowest BCUT2D eigenvalue weighted by Gasteiger charge is -2.25. The summed E-state index contributed by atoms with van der Waals surface area (Å²) in [7, 11) is 0. The third kappa shape index (κ3) is 3.48. The molecule has 0 unspecified atom stereocenters. The molecule has 2 aromatic rings. The van der Waals surface area contributed by atoms with E-state index in [0.717, 1.165) is 54.2 Å². The first-order valence-electron chi connectivity index (χ1n) is 9.22. The van der Waals surface area contributed by atoms with Gasteiger partial charge in [-0.15, -0.1) is 0 Å². The van der Waals surface area contributed by atoms with Crippen LogP contribution in [0.5, 0.6) is 5.75 Å². The molecule has 0 radical (unpaired) electrons. The number of benzene rings is 1. The number of fused-ring (bicyclic) bond motifs is 1. The highest BCUT2D eigenvalue weighted by Crippen LogP contribution is 2.42. The monoisotopic (exact) mass is 360 g/mol. The van der Waals surface area contributed by atoms with Gasteiger partial charge in [-0.05, 0) is 44.8 Å². The Morgan fingerprint density at radius 2 is 2.08 bits per heavy atom. The van der Waals surface area contributed by atoms with Gasteiger partial charge in [0, 0.05) is 30.4 Å². The van der Waals surface area contributed by atoms with E-state index in [2.05, 4.69) is 14.9 Å². The van der Waals surface area contributed by atoms with Gasteiger partial charge in [0.15, 0.2) is 0 Å². The van der Waals surface area contributed by atoms with E-state index in [0.29, 0.717) is 17.3 Å². The number of imidazole rings is 1. The largest absolute Gasteiger partial charge is 0.492 e. The molecule has 2 aliphatic rings. The fourth-order valence-electron chi connectivity index (χ4n) is 3.80. The molecule has 6 heteroatoms. The molecule has 1 fully saturated rings. The van der Waals surface area contributed by atoms with Crippen LogP contribution in [0.4, 0.5) is 5.69 Å². The maximum absolute atomic E-state index is 6.34. The minimum Gasteiger partial charge on any atom is -0.492 e. The highest BCUT2D eigenvalue weighted by atomic mass is 35.5. The van der Waals surface area contributed by atoms with Crippen molar-refractivity contribution in [3.63, 3.8) is 0 Å². The summed E-state index contributed by atoms with van der Waals surface area (Å²) in [6.45, 7) is 4.23. The maximum Gasteiger partial charge on any atom is 0.141 e. The average molecular weight is 361 g/mol. The van der Waals surface area contributed by atoms with Crippen molar-refractivity contribution in [2.45, 2.75) is 38.5 Å². The topological polar surface area (TPSA) is 67.2 Å². The lowest BCUT2D eigenvalue weighted by atomic mass is 10.00. The normalized spacial score (nSPS) is 18.0. The van der Waals surface area contributed by atoms with E-state index < -0.39 is 0 Å². The van der Waals surface area contributed by atoms with Gasteiger partial charge in [0.05, 0.1) is 22.9 Å². The lowest BCUT2D eigenvalue weighted by molar-refractivity contribution is 0.231. The number of hydrogen-bond donors (Lipinski definition) is 2. The number of piperidine rings is 1. The zero-order valence-electron chi connectivity index (χ0n) is 14.5. The van der Waals surface area contributed by atoms with Crippen LogP contribution in [0.2, 0.25) is 5.02 Å². The van der Waals surface area contributed by atoms with Crippen molar-refractivity contribution >= 4 is 17.3 Å². The number of likely N-dealkylation sites (tertiary alicyclic amines) is 1. The molecule has 4 rings (SSSR count). The van der Waals surface area contributed by atoms with Crippen LogP contribution in [0, 0.1) is 0 Å². The molecule has 1 aromatic carbocycles. The number of nitrogens with two attached hydrogens (primary N) is 1. The first-order chi connectivity index (χ1) is 12.2. The Balaban J connectivity index is 1.54. The molecule has 134 valence electrons. The van der Waals surface area contributed by atoms with Gasteiger partial charge in [0.2, 0.25) is 0 Å². The number of ether oxygens (including phenoxy) is 1. The zero-order chi connectivity index (χ0) is 17.2. The van der Waals surface area contributed by atoms with E-state index in [1.807, 2.05) is 12.3 Å². The smallest absolute Gasteiger partial charge is 0.141 e. The minimum atomic E-state index is 0.575. The van der Waals surface area contributed by atoms with Crippen molar-refractivity contribution in [2.75, 3.05) is 32.0 Å². The second-order valence-corrected chi connectivity index (χ2v) is 7.40. The lowest BCUT2D eigenvalue weighted by Crippen LogP contribution is -2.31. The van der Waals surface area contributed by atoms with Crippen LogP contribution >= 0.6 is 11.6 Å². The Morgan fingerprint density at radius 1 is 1.24 bits per heavy atom. The van der Waals surface area contributed by atoms with Gasteiger partial charge >= 0.3 is 0 Å². The van der Waals surface area contributed by atoms with E-state index in [1.54, 1.807) is 0 Å². The second kappa shape index (κ2) is 7.26. The number of nitrogen functional groups attached to an aromatic ring is 1. The van der Waals surface area contributed by atoms with Crippen molar-refractivity contribution < 1.29 is 4.74 Å². The number of hydrogen-bond acceptors (Lipinski definition) is 4. The molecule has 0 saturated carbocycles. The molecule has 0 spiro atoms. The molecule has 1 saturated heterocycles. The summed E-state index contributed by atoms with van der Waals surface area (Å²) in [5.41, 5.74) is 9.85. The molecule has 1 aromatic heterocycles. The summed E-state index contributed by atoms with van der Waals surface area (Å²) < 4.78 is 5.90. The Bertz CT molecular complexity index is 752. The molecule has 5 nitrogen and oxygen atoms in total. The summed E-state index contributed by atoms with van der Waals surface area (Å²) in [4.78, 5) is 10.6. The summed E-state index contributed by atoms with van der Waals surface area (Å²) >= 11 is 6.34. The summed E-state index contributed by atoms with van der Waals surface area (Å²) in [6, 6.07) is 1.87. The highest BCUT2D eigenvalue weighted by molar-refractivity contribution is 6.33. The van der Waals surface area contributed by atoms with Gasteiger partial charge in [-0.2, -0.15) is 0 Å². The third-order valence-electron chi connectivity index (χ3n) is 5.22. The quantitative estimate of drug-likeness (QED) is 0.816. The molecule has 0 amide bonds. The first kappa shape index (κ1) is 16.7. The number of aromatic nitrogens is 2. The molecule has 25 heavy (non-hydrogen) atoms. The Morgan fingerprint density at radius 3 is 2.92 bits per heavy atom. The summed E-state index contributed by atoms with van der Waals surface area (Å²) in [5, 5.41) is 0.575. The zero-order valence-corrected chi connectivity index (χ0v) is 15.2. The number of aromatic amines is 1. The van der Waals surface area contributed by atoms with Crippen LogP contribution in [-0.4, -0.2) is 41.1 Å². The second-order valence-electron chi connectivity index (χ2n) is 6.99. The number of rotatable bonds is 4. The van der Waals surface area contributed by atoms with E-state index in [9.17, 15) is 0 Å². The number of H-pyrrole nitrogens is 1. The summed E-state index contributed by atoms with van der Waals surface area (Å²) in [6.07, 6.45) is 8.79. The fraction of sp³-hybridized carbons (Fsp3) is 0.526. The van der Waals surface area contributed by atoms with Crippen molar-refractivity contribution in [3.8, 4) is 17.1 Å². The van der Waals surface area contributed by atoms with Gasteiger partial charge in [-0.1, -0.05) is 18.0 Å². The first-order valence-corrected chi connectivity index (χ1v) is 9.60. The van der Waals surface area contributed by atoms with Crippen molar-refractivity contribution in [2.24, 2.45) is 0 Å². The summed E-state index contributed by atoms with van der Waals surface area (Å²) in [5.74, 6) is 1.65. The SMILES string of the molecule is Nc1c(Cl)cc(-c2ncc(CCN3CCCCC3)[nH]2)c2c1CCCO2. The average Bonchev–Trinajstić information content (AvgIpc) is 3.13. The Labute approximate surface area is 153 Å². The minimum absolute atomic E-state index is 0.575. The van der Waals surface area contributed by atoms with Crippen molar-refractivity contribution in [3.05, 3.63) is 28.5 Å². The molecular formula is C19H25ClN4O. The molecule has 0 atom stereocenters. The standard InChI is InChI=1S/C19H25ClN4O/c20-16-11-15(18-14(17(16)21)5-4-10-25-18)19-22-12-13(23-19)6-9-24-7-2-1-3-8-24/h11-12H,1-10,21H2,(H,22,23). The molecule has 0 aliphatic carbocycles. The Hall–Kier alpha value is -1.72. The van der Waals surface area contributed by atoms with E-state index in [1.165, 1.54) is 32.4 Å². The van der Waals surface area contributed by atoms with Crippen LogP contribution < -0.4 is 10.5 Å². The van der Waals surface area contributed by atoms with Gasteiger partial charge in [0.25, 0.3) is 0 Å². The van der Waals surface area contributed by atoms with Crippen LogP contribution in [0.25, 0.3) is 11.4 Å². The van der Waals surface area contributed by atoms with Gasteiger partial charge in [-0.3, -0.25) is 0 Å². The van der Waals surface area contributed by atoms with E-state index in [-0.39, 0.29) is 0 Å². The fourth-order valence-corrected chi connectivity index (χ4v) is 4.02. The number of halogens is 1. The van der Waals surface area contributed by atoms with Crippen LogP contribution in [0.3, 0.4) is 0 Å². The maximum atomic E-state index is 6.34. The van der Waals surface area contributed by atoms with Crippen LogP contribution in [-0.2, 0) is 12.8 Å². The molecule has 2 aliphatic heterocycles. The van der Waals surface area contributed by atoms with Crippen LogP contribution in [0.15, 0.2) is 12.3 Å². The van der Waals surface area contributed by atoms with Gasteiger partial charge in [-0.25, -0.2) is 4.98 Å². The predicted octanol–water partition coefficient (Wildman–Crippen LogP) is 3.67. The third-order valence-corrected chi connectivity index (χ3v) is 5.53. The molecule has 0 bridgehead atoms. The van der Waals surface area contributed by atoms with Crippen molar-refractivity contribution in [1.82, 2.24) is 14.9 Å². The molecular weight excluding hydrogens is 336 g/mol. The molecule has 3 heterocycles. The molecule has 3 N–H and O–H groups in total. The van der Waals surface area contributed by atoms with Gasteiger partial charge in [0.1, 0.15) is 11.6 Å². The van der Waals surface area contributed by atoms with Gasteiger partial charge < -0.3 is 20.4 Å². The van der Waals surface area contributed by atoms with Crippen molar-refractivity contribution in [1.29, 1.82) is 0 Å².